The van der Waals surface area contributed by atoms with Crippen LogP contribution in [0.15, 0.2) is 59.5 Å². The second-order valence-electron chi connectivity index (χ2n) is 5.79. The SMILES string of the molecule is Cc1ccc(S(=O)(=O)N[C@@H](CC(=O)NCc2ccccc2)C(=O)O)cc1. The van der Waals surface area contributed by atoms with E-state index in [9.17, 15) is 23.1 Å². The van der Waals surface area contributed by atoms with Crippen LogP contribution in [0.25, 0.3) is 0 Å². The minimum absolute atomic E-state index is 0.0564. The van der Waals surface area contributed by atoms with Crippen molar-refractivity contribution in [3.05, 3.63) is 65.7 Å². The molecule has 7 nitrogen and oxygen atoms in total. The molecule has 2 rings (SSSR count). The van der Waals surface area contributed by atoms with Gasteiger partial charge in [0.05, 0.1) is 11.3 Å². The van der Waals surface area contributed by atoms with Crippen molar-refractivity contribution in [1.82, 2.24) is 10.0 Å². The van der Waals surface area contributed by atoms with Crippen molar-refractivity contribution in [3.8, 4) is 0 Å². The average molecular weight is 376 g/mol. The van der Waals surface area contributed by atoms with Crippen LogP contribution in [0, 0.1) is 6.92 Å². The zero-order valence-corrected chi connectivity index (χ0v) is 15.0. The summed E-state index contributed by atoms with van der Waals surface area (Å²) >= 11 is 0. The maximum atomic E-state index is 12.3. The fraction of sp³-hybridized carbons (Fsp3) is 0.222. The molecule has 0 saturated heterocycles. The second-order valence-corrected chi connectivity index (χ2v) is 7.51. The number of carboxylic acid groups (broad SMARTS) is 1. The monoisotopic (exact) mass is 376 g/mol. The molecule has 0 saturated carbocycles. The number of amides is 1. The molecule has 0 unspecified atom stereocenters. The minimum atomic E-state index is -4.04. The van der Waals surface area contributed by atoms with Gasteiger partial charge in [-0.2, -0.15) is 4.72 Å². The maximum Gasteiger partial charge on any atom is 0.322 e. The lowest BCUT2D eigenvalue weighted by Crippen LogP contribution is -2.44. The topological polar surface area (TPSA) is 113 Å². The largest absolute Gasteiger partial charge is 0.480 e. The van der Waals surface area contributed by atoms with Gasteiger partial charge in [-0.15, -0.1) is 0 Å². The molecular weight excluding hydrogens is 356 g/mol. The van der Waals surface area contributed by atoms with Gasteiger partial charge in [-0.05, 0) is 24.6 Å². The number of nitrogens with one attached hydrogen (secondary N) is 2. The van der Waals surface area contributed by atoms with E-state index in [0.717, 1.165) is 11.1 Å². The van der Waals surface area contributed by atoms with Gasteiger partial charge in [-0.1, -0.05) is 48.0 Å². The van der Waals surface area contributed by atoms with Crippen molar-refractivity contribution in [2.45, 2.75) is 30.8 Å². The van der Waals surface area contributed by atoms with E-state index in [-0.39, 0.29) is 11.4 Å². The predicted molar refractivity (Wildman–Crippen MR) is 95.8 cm³/mol. The molecule has 2 aromatic rings. The van der Waals surface area contributed by atoms with E-state index in [2.05, 4.69) is 10.0 Å². The Bertz CT molecular complexity index is 864. The molecular formula is C18H20N2O5S. The fourth-order valence-electron chi connectivity index (χ4n) is 2.21. The lowest BCUT2D eigenvalue weighted by molar-refractivity contribution is -0.141. The molecule has 3 N–H and O–H groups in total. The van der Waals surface area contributed by atoms with Crippen molar-refractivity contribution in [1.29, 1.82) is 0 Å². The van der Waals surface area contributed by atoms with Crippen molar-refractivity contribution >= 4 is 21.9 Å². The number of carbonyl (C=O) groups excluding carboxylic acids is 1. The molecule has 1 atom stereocenters. The molecule has 0 heterocycles. The molecule has 1 amide bonds. The molecule has 0 radical (unpaired) electrons. The van der Waals surface area contributed by atoms with Crippen molar-refractivity contribution in [2.75, 3.05) is 0 Å². The summed E-state index contributed by atoms with van der Waals surface area (Å²) in [5.41, 5.74) is 1.73. The number of rotatable bonds is 8. The molecule has 138 valence electrons. The molecule has 0 spiro atoms. The predicted octanol–water partition coefficient (Wildman–Crippen LogP) is 1.43. The molecule has 0 aliphatic heterocycles. The van der Waals surface area contributed by atoms with Gasteiger partial charge in [0.15, 0.2) is 0 Å². The molecule has 0 fully saturated rings. The van der Waals surface area contributed by atoms with E-state index in [1.165, 1.54) is 12.1 Å². The number of carboxylic acids is 1. The maximum absolute atomic E-state index is 12.3. The Morgan fingerprint density at radius 2 is 1.65 bits per heavy atom. The first-order valence-corrected chi connectivity index (χ1v) is 9.38. The number of hydrogen-bond donors (Lipinski definition) is 3. The number of sulfonamides is 1. The lowest BCUT2D eigenvalue weighted by Gasteiger charge is -2.15. The first-order chi connectivity index (χ1) is 12.3. The number of aliphatic carboxylic acids is 1. The molecule has 0 aliphatic carbocycles. The van der Waals surface area contributed by atoms with Crippen LogP contribution in [0.4, 0.5) is 0 Å². The zero-order valence-electron chi connectivity index (χ0n) is 14.2. The van der Waals surface area contributed by atoms with Gasteiger partial charge in [0.2, 0.25) is 15.9 Å². The number of aryl methyl sites for hydroxylation is 1. The van der Waals surface area contributed by atoms with Gasteiger partial charge in [0, 0.05) is 6.54 Å². The highest BCUT2D eigenvalue weighted by atomic mass is 32.2. The number of hydrogen-bond acceptors (Lipinski definition) is 4. The lowest BCUT2D eigenvalue weighted by atomic mass is 10.2. The molecule has 0 aromatic heterocycles. The Morgan fingerprint density at radius 1 is 1.04 bits per heavy atom. The van der Waals surface area contributed by atoms with E-state index < -0.39 is 34.4 Å². The third kappa shape index (κ3) is 5.68. The standard InChI is InChI=1S/C18H20N2O5S/c1-13-7-9-15(10-8-13)26(24,25)20-16(18(22)23)11-17(21)19-12-14-5-3-2-4-6-14/h2-10,16,20H,11-12H2,1H3,(H,19,21)(H,22,23)/t16-/m0/s1. The Kier molecular flexibility index (Phi) is 6.48. The summed E-state index contributed by atoms with van der Waals surface area (Å²) < 4.78 is 26.7. The second kappa shape index (κ2) is 8.59. The summed E-state index contributed by atoms with van der Waals surface area (Å²) in [4.78, 5) is 23.3. The van der Waals surface area contributed by atoms with Crippen LogP contribution in [0.5, 0.6) is 0 Å². The van der Waals surface area contributed by atoms with Crippen LogP contribution in [-0.2, 0) is 26.2 Å². The molecule has 2 aromatic carbocycles. The van der Waals surface area contributed by atoms with Gasteiger partial charge in [0.1, 0.15) is 6.04 Å². The highest BCUT2D eigenvalue weighted by molar-refractivity contribution is 7.89. The Morgan fingerprint density at radius 3 is 2.23 bits per heavy atom. The van der Waals surface area contributed by atoms with E-state index in [4.69, 9.17) is 0 Å². The summed E-state index contributed by atoms with van der Waals surface area (Å²) in [6.45, 7) is 2.04. The first kappa shape index (κ1) is 19.6. The van der Waals surface area contributed by atoms with E-state index >= 15 is 0 Å². The quantitative estimate of drug-likeness (QED) is 0.645. The minimum Gasteiger partial charge on any atom is -0.480 e. The molecule has 0 aliphatic rings. The van der Waals surface area contributed by atoms with Crippen LogP contribution in [0.3, 0.4) is 0 Å². The normalized spacial score (nSPS) is 12.3. The number of benzene rings is 2. The van der Waals surface area contributed by atoms with Crippen LogP contribution in [-0.4, -0.2) is 31.4 Å². The zero-order chi connectivity index (χ0) is 19.2. The van der Waals surface area contributed by atoms with Gasteiger partial charge in [-0.3, -0.25) is 9.59 Å². The Hall–Kier alpha value is -2.71. The highest BCUT2D eigenvalue weighted by Gasteiger charge is 2.27. The number of carbonyl (C=O) groups is 2. The highest BCUT2D eigenvalue weighted by Crippen LogP contribution is 2.11. The van der Waals surface area contributed by atoms with Gasteiger partial charge >= 0.3 is 5.97 Å². The Balaban J connectivity index is 2.00. The van der Waals surface area contributed by atoms with E-state index in [0.29, 0.717) is 0 Å². The van der Waals surface area contributed by atoms with Gasteiger partial charge < -0.3 is 10.4 Å². The van der Waals surface area contributed by atoms with Gasteiger partial charge in [-0.25, -0.2) is 8.42 Å². The summed E-state index contributed by atoms with van der Waals surface area (Å²) in [6, 6.07) is 13.5. The smallest absolute Gasteiger partial charge is 0.322 e. The first-order valence-electron chi connectivity index (χ1n) is 7.90. The summed E-state index contributed by atoms with van der Waals surface area (Å²) in [5, 5.41) is 11.8. The average Bonchev–Trinajstić information content (AvgIpc) is 2.60. The van der Waals surface area contributed by atoms with Crippen molar-refractivity contribution in [3.63, 3.8) is 0 Å². The van der Waals surface area contributed by atoms with Gasteiger partial charge in [0.25, 0.3) is 0 Å². The van der Waals surface area contributed by atoms with Crippen molar-refractivity contribution < 1.29 is 23.1 Å². The summed E-state index contributed by atoms with van der Waals surface area (Å²) in [5.74, 6) is -1.98. The fourth-order valence-corrected chi connectivity index (χ4v) is 3.40. The van der Waals surface area contributed by atoms with Crippen LogP contribution >= 0.6 is 0 Å². The third-order valence-corrected chi connectivity index (χ3v) is 5.14. The Labute approximate surface area is 152 Å². The van der Waals surface area contributed by atoms with Crippen LogP contribution in [0.2, 0.25) is 0 Å². The summed E-state index contributed by atoms with van der Waals surface area (Å²) in [7, 11) is -4.04. The molecule has 26 heavy (non-hydrogen) atoms. The van der Waals surface area contributed by atoms with Crippen molar-refractivity contribution in [2.24, 2.45) is 0 Å². The van der Waals surface area contributed by atoms with Crippen LogP contribution < -0.4 is 10.0 Å². The van der Waals surface area contributed by atoms with E-state index in [1.807, 2.05) is 30.3 Å². The summed E-state index contributed by atoms with van der Waals surface area (Å²) in [6.07, 6.45) is -0.507. The molecule has 0 bridgehead atoms. The van der Waals surface area contributed by atoms with Crippen LogP contribution in [0.1, 0.15) is 17.5 Å². The molecule has 8 heteroatoms. The van der Waals surface area contributed by atoms with E-state index in [1.54, 1.807) is 19.1 Å². The third-order valence-electron chi connectivity index (χ3n) is 3.65.